The lowest BCUT2D eigenvalue weighted by Crippen LogP contribution is -2.44. The van der Waals surface area contributed by atoms with E-state index < -0.39 is 0 Å². The zero-order valence-corrected chi connectivity index (χ0v) is 13.2. The van der Waals surface area contributed by atoms with Crippen molar-refractivity contribution in [1.82, 2.24) is 10.6 Å². The van der Waals surface area contributed by atoms with Gasteiger partial charge in [0.2, 0.25) is 0 Å². The first-order valence-corrected chi connectivity index (χ1v) is 8.42. The molecule has 1 aromatic carbocycles. The largest absolute Gasteiger partial charge is 0.395 e. The predicted octanol–water partition coefficient (Wildman–Crippen LogP) is 2.49. The fourth-order valence-corrected chi connectivity index (χ4v) is 3.27. The Balaban J connectivity index is 1.77. The van der Waals surface area contributed by atoms with Gasteiger partial charge in [-0.25, -0.2) is 0 Å². The number of aliphatic hydroxyl groups excluding tert-OH is 1. The van der Waals surface area contributed by atoms with Crippen LogP contribution < -0.4 is 10.6 Å². The van der Waals surface area contributed by atoms with E-state index in [1.807, 2.05) is 6.07 Å². The molecule has 1 aliphatic rings. The number of aliphatic hydroxyl groups is 1. The number of rotatable bonds is 7. The normalized spacial score (nSPS) is 22.5. The topological polar surface area (TPSA) is 44.3 Å². The average molecular weight is 290 g/mol. The van der Waals surface area contributed by atoms with E-state index in [4.69, 9.17) is 0 Å². The van der Waals surface area contributed by atoms with Crippen LogP contribution in [-0.2, 0) is 6.42 Å². The maximum Gasteiger partial charge on any atom is 0.0587 e. The van der Waals surface area contributed by atoms with Gasteiger partial charge in [-0.2, -0.15) is 0 Å². The maximum absolute atomic E-state index is 9.61. The van der Waals surface area contributed by atoms with Gasteiger partial charge in [-0.3, -0.25) is 0 Å². The van der Waals surface area contributed by atoms with Gasteiger partial charge in [-0.05, 0) is 44.7 Å². The summed E-state index contributed by atoms with van der Waals surface area (Å²) in [7, 11) is 0. The number of benzene rings is 1. The monoisotopic (exact) mass is 290 g/mol. The van der Waals surface area contributed by atoms with Crippen molar-refractivity contribution in [2.45, 2.75) is 63.6 Å². The minimum absolute atomic E-state index is 0.146. The molecule has 3 nitrogen and oxygen atoms in total. The number of hydrogen-bond acceptors (Lipinski definition) is 3. The zero-order valence-electron chi connectivity index (χ0n) is 13.2. The Morgan fingerprint density at radius 2 is 2.05 bits per heavy atom. The molecule has 0 bridgehead atoms. The first kappa shape index (κ1) is 16.5. The lowest BCUT2D eigenvalue weighted by molar-refractivity contribution is 0.226. The fraction of sp³-hybridized carbons (Fsp3) is 0.667. The van der Waals surface area contributed by atoms with Gasteiger partial charge in [0.05, 0.1) is 6.61 Å². The van der Waals surface area contributed by atoms with Crippen LogP contribution in [-0.4, -0.2) is 36.4 Å². The van der Waals surface area contributed by atoms with Crippen LogP contribution in [0.15, 0.2) is 30.3 Å². The van der Waals surface area contributed by atoms with Crippen LogP contribution in [0.1, 0.15) is 44.6 Å². The molecule has 0 aliphatic carbocycles. The van der Waals surface area contributed by atoms with Gasteiger partial charge < -0.3 is 15.7 Å². The van der Waals surface area contributed by atoms with E-state index >= 15 is 0 Å². The molecule has 118 valence electrons. The summed E-state index contributed by atoms with van der Waals surface area (Å²) in [5.74, 6) is 0. The smallest absolute Gasteiger partial charge is 0.0587 e. The molecular weight excluding hydrogens is 260 g/mol. The Hall–Kier alpha value is -0.900. The minimum atomic E-state index is 0.146. The first-order valence-electron chi connectivity index (χ1n) is 8.42. The van der Waals surface area contributed by atoms with Crippen molar-refractivity contribution in [3.8, 4) is 0 Å². The molecule has 1 heterocycles. The average Bonchev–Trinajstić information content (AvgIpc) is 2.76. The van der Waals surface area contributed by atoms with Gasteiger partial charge in [-0.15, -0.1) is 0 Å². The molecule has 1 aliphatic heterocycles. The molecule has 1 aromatic rings. The molecule has 1 saturated heterocycles. The predicted molar refractivity (Wildman–Crippen MR) is 88.5 cm³/mol. The molecular formula is C18H30N2O. The van der Waals surface area contributed by atoms with Gasteiger partial charge in [0.1, 0.15) is 0 Å². The lowest BCUT2D eigenvalue weighted by Gasteiger charge is -2.25. The summed E-state index contributed by atoms with van der Waals surface area (Å²) in [6.07, 6.45) is 7.33. The summed E-state index contributed by atoms with van der Waals surface area (Å²) in [5, 5.41) is 16.9. The summed E-state index contributed by atoms with van der Waals surface area (Å²) in [5.41, 5.74) is 1.28. The molecule has 3 unspecified atom stereocenters. The summed E-state index contributed by atoms with van der Waals surface area (Å²) in [4.78, 5) is 0. The zero-order chi connectivity index (χ0) is 14.9. The first-order chi connectivity index (χ1) is 10.3. The van der Waals surface area contributed by atoms with E-state index in [1.54, 1.807) is 0 Å². The second kappa shape index (κ2) is 9.19. The molecule has 0 radical (unpaired) electrons. The summed E-state index contributed by atoms with van der Waals surface area (Å²) < 4.78 is 0. The fourth-order valence-electron chi connectivity index (χ4n) is 3.27. The minimum Gasteiger partial charge on any atom is -0.395 e. The molecule has 2 rings (SSSR count). The number of nitrogens with one attached hydrogen (secondary N) is 2. The van der Waals surface area contributed by atoms with Crippen LogP contribution in [0.4, 0.5) is 0 Å². The molecule has 3 N–H and O–H groups in total. The van der Waals surface area contributed by atoms with Gasteiger partial charge in [0, 0.05) is 18.1 Å². The van der Waals surface area contributed by atoms with Crippen molar-refractivity contribution in [2.24, 2.45) is 0 Å². The standard InChI is InChI=1S/C18H30N2O/c1-15(12-17-10-6-3-7-11-19-17)20-18(14-21)13-16-8-4-2-5-9-16/h2,4-5,8-9,15,17-21H,3,6-7,10-14H2,1H3. The van der Waals surface area contributed by atoms with Crippen molar-refractivity contribution in [2.75, 3.05) is 13.2 Å². The summed E-state index contributed by atoms with van der Waals surface area (Å²) >= 11 is 0. The third-order valence-corrected chi connectivity index (χ3v) is 4.37. The number of hydrogen-bond donors (Lipinski definition) is 3. The maximum atomic E-state index is 9.61. The van der Waals surface area contributed by atoms with E-state index in [1.165, 1.54) is 31.2 Å². The summed E-state index contributed by atoms with van der Waals surface area (Å²) in [6.45, 7) is 3.59. The van der Waals surface area contributed by atoms with Gasteiger partial charge in [0.15, 0.2) is 0 Å². The second-order valence-electron chi connectivity index (χ2n) is 6.37. The highest BCUT2D eigenvalue weighted by Crippen LogP contribution is 2.13. The Morgan fingerprint density at radius 1 is 1.24 bits per heavy atom. The van der Waals surface area contributed by atoms with E-state index in [-0.39, 0.29) is 12.6 Å². The van der Waals surface area contributed by atoms with Crippen molar-refractivity contribution in [3.05, 3.63) is 35.9 Å². The third kappa shape index (κ3) is 6.16. The second-order valence-corrected chi connectivity index (χ2v) is 6.37. The van der Waals surface area contributed by atoms with Crippen LogP contribution in [0.25, 0.3) is 0 Å². The van der Waals surface area contributed by atoms with Gasteiger partial charge in [-0.1, -0.05) is 43.2 Å². The van der Waals surface area contributed by atoms with Crippen LogP contribution >= 0.6 is 0 Å². The van der Waals surface area contributed by atoms with Gasteiger partial charge >= 0.3 is 0 Å². The van der Waals surface area contributed by atoms with E-state index in [0.717, 1.165) is 19.4 Å². The SMILES string of the molecule is CC(CC1CCCCCN1)NC(CO)Cc1ccccc1. The Kier molecular flexibility index (Phi) is 7.20. The Bertz CT molecular complexity index is 374. The van der Waals surface area contributed by atoms with Crippen LogP contribution in [0.2, 0.25) is 0 Å². The van der Waals surface area contributed by atoms with Gasteiger partial charge in [0.25, 0.3) is 0 Å². The van der Waals surface area contributed by atoms with Crippen molar-refractivity contribution < 1.29 is 5.11 Å². The van der Waals surface area contributed by atoms with Crippen molar-refractivity contribution in [3.63, 3.8) is 0 Å². The summed E-state index contributed by atoms with van der Waals surface area (Å²) in [6, 6.07) is 11.6. The van der Waals surface area contributed by atoms with Crippen LogP contribution in [0, 0.1) is 0 Å². The third-order valence-electron chi connectivity index (χ3n) is 4.37. The highest BCUT2D eigenvalue weighted by Gasteiger charge is 2.17. The molecule has 0 saturated carbocycles. The molecule has 3 atom stereocenters. The van der Waals surface area contributed by atoms with Crippen LogP contribution in [0.3, 0.4) is 0 Å². The molecule has 1 fully saturated rings. The van der Waals surface area contributed by atoms with Crippen LogP contribution in [0.5, 0.6) is 0 Å². The van der Waals surface area contributed by atoms with E-state index in [0.29, 0.717) is 12.1 Å². The molecule has 0 amide bonds. The molecule has 0 aromatic heterocycles. The van der Waals surface area contributed by atoms with Crippen molar-refractivity contribution >= 4 is 0 Å². The lowest BCUT2D eigenvalue weighted by atomic mass is 10.0. The Morgan fingerprint density at radius 3 is 2.81 bits per heavy atom. The molecule has 21 heavy (non-hydrogen) atoms. The van der Waals surface area contributed by atoms with E-state index in [9.17, 15) is 5.11 Å². The van der Waals surface area contributed by atoms with E-state index in [2.05, 4.69) is 41.8 Å². The Labute approximate surface area is 129 Å². The quantitative estimate of drug-likeness (QED) is 0.723. The molecule has 3 heteroatoms. The molecule has 0 spiro atoms. The highest BCUT2D eigenvalue weighted by molar-refractivity contribution is 5.15. The highest BCUT2D eigenvalue weighted by atomic mass is 16.3. The van der Waals surface area contributed by atoms with Crippen molar-refractivity contribution in [1.29, 1.82) is 0 Å².